The Kier molecular flexibility index (Phi) is 12.1. The Morgan fingerprint density at radius 3 is 1.43 bits per heavy atom. The van der Waals surface area contributed by atoms with Crippen molar-refractivity contribution in [3.05, 3.63) is 0 Å². The molecule has 0 aliphatic heterocycles. The van der Waals surface area contributed by atoms with Crippen LogP contribution in [0.1, 0.15) is 0 Å². The van der Waals surface area contributed by atoms with Crippen molar-refractivity contribution in [2.45, 2.75) is 0 Å². The van der Waals surface area contributed by atoms with Gasteiger partial charge >= 0.3 is 19.5 Å². The van der Waals surface area contributed by atoms with E-state index in [1.165, 1.54) is 0 Å². The van der Waals surface area contributed by atoms with Crippen LogP contribution in [0.15, 0.2) is 0 Å². The van der Waals surface area contributed by atoms with Gasteiger partial charge in [0.15, 0.2) is 0 Å². The van der Waals surface area contributed by atoms with Gasteiger partial charge in [-0.25, -0.2) is 0 Å². The summed E-state index contributed by atoms with van der Waals surface area (Å²) in [5.41, 5.74) is 0. The van der Waals surface area contributed by atoms with Gasteiger partial charge in [0.1, 0.15) is 0 Å². The Labute approximate surface area is 66.4 Å². The van der Waals surface area contributed by atoms with E-state index >= 15 is 0 Å². The summed E-state index contributed by atoms with van der Waals surface area (Å²) in [5, 5.41) is 0. The minimum absolute atomic E-state index is 0. The van der Waals surface area contributed by atoms with Crippen molar-refractivity contribution in [2.24, 2.45) is 0 Å². The normalized spacial score (nSPS) is 8.29. The van der Waals surface area contributed by atoms with E-state index in [1.807, 2.05) is 0 Å². The van der Waals surface area contributed by atoms with Crippen LogP contribution in [0.2, 0.25) is 0 Å². The van der Waals surface area contributed by atoms with Crippen molar-refractivity contribution in [2.75, 3.05) is 0 Å². The average Bonchev–Trinajstić information content (AvgIpc) is 0.722. The summed E-state index contributed by atoms with van der Waals surface area (Å²) in [6, 6.07) is 0. The molecule has 0 aromatic carbocycles. The van der Waals surface area contributed by atoms with E-state index in [0.717, 1.165) is 0 Å². The zero-order chi connectivity index (χ0) is 4.50. The van der Waals surface area contributed by atoms with Crippen LogP contribution in [0.3, 0.4) is 0 Å². The Morgan fingerprint density at radius 2 is 1.43 bits per heavy atom. The third kappa shape index (κ3) is 126. The van der Waals surface area contributed by atoms with Crippen molar-refractivity contribution in [3.8, 4) is 0 Å². The van der Waals surface area contributed by atoms with E-state index in [9.17, 15) is 0 Å². The molecule has 0 saturated heterocycles. The molecule has 0 spiro atoms. The summed E-state index contributed by atoms with van der Waals surface area (Å²) < 4.78 is 24.0. The summed E-state index contributed by atoms with van der Waals surface area (Å²) in [6.45, 7) is 0. The van der Waals surface area contributed by atoms with Gasteiger partial charge in [-0.2, -0.15) is 4.21 Å². The van der Waals surface area contributed by atoms with E-state index in [2.05, 4.69) is 11.2 Å². The first-order valence-electron chi connectivity index (χ1n) is 0.698. The molecule has 7 heteroatoms. The van der Waals surface area contributed by atoms with Crippen LogP contribution in [-0.2, 0) is 53.2 Å². The molecule has 0 heterocycles. The first-order chi connectivity index (χ1) is 2.00. The minimum Gasteiger partial charge on any atom is -2.00 e. The molecule has 0 saturated carbocycles. The monoisotopic (exact) mass is 210 g/mol. The largest absolute Gasteiger partial charge is 2.00 e. The third-order valence-corrected chi connectivity index (χ3v) is 0. The summed E-state index contributed by atoms with van der Waals surface area (Å²) in [6.07, 6.45) is 0. The first-order valence-corrected chi connectivity index (χ1v) is 3.10. The van der Waals surface area contributed by atoms with Crippen molar-refractivity contribution in [3.63, 3.8) is 0 Å². The summed E-state index contributed by atoms with van der Waals surface area (Å²) in [7, 11) is -3.83. The van der Waals surface area contributed by atoms with Crippen LogP contribution in [0.25, 0.3) is 0 Å². The molecule has 0 aromatic rings. The zero-order valence-electron chi connectivity index (χ0n) is 3.23. The van der Waals surface area contributed by atoms with Crippen LogP contribution in [-0.4, -0.2) is 13.3 Å². The quantitative estimate of drug-likeness (QED) is 0.539. The van der Waals surface area contributed by atoms with Gasteiger partial charge in [-0.3, -0.25) is 9.11 Å². The molecule has 40 valence electrons. The first kappa shape index (κ1) is 15.7. The molecule has 0 atom stereocenters. The van der Waals surface area contributed by atoms with Crippen LogP contribution in [0, 0.1) is 0 Å². The van der Waals surface area contributed by atoms with Gasteiger partial charge in [0.05, 0.1) is 0 Å². The molecular formula is H2O3S3Zn. The predicted octanol–water partition coefficient (Wildman–Crippen LogP) is -0.326. The van der Waals surface area contributed by atoms with Gasteiger partial charge in [-0.1, -0.05) is 0 Å². The second kappa shape index (κ2) is 5.40. The van der Waals surface area contributed by atoms with Gasteiger partial charge in [0.2, 0.25) is 0 Å². The molecule has 0 amide bonds. The topological polar surface area (TPSA) is 57.5 Å². The van der Waals surface area contributed by atoms with Crippen molar-refractivity contribution >= 4 is 33.7 Å². The molecule has 0 rings (SSSR count). The molecule has 0 aliphatic rings. The molecule has 0 aliphatic carbocycles. The Balaban J connectivity index is -0.0000000800. The molecule has 2 N–H and O–H groups in total. The number of hydrogen-bond donors (Lipinski definition) is 2. The van der Waals surface area contributed by atoms with E-state index in [1.54, 1.807) is 0 Å². The Morgan fingerprint density at radius 1 is 1.43 bits per heavy atom. The van der Waals surface area contributed by atoms with E-state index in [-0.39, 0.29) is 33.0 Å². The van der Waals surface area contributed by atoms with Crippen LogP contribution < -0.4 is 0 Å². The summed E-state index contributed by atoms with van der Waals surface area (Å²) in [4.78, 5) is 0. The van der Waals surface area contributed by atoms with Gasteiger partial charge in [-0.05, 0) is 0 Å². The average molecular weight is 212 g/mol. The van der Waals surface area contributed by atoms with Gasteiger partial charge in [0, 0.05) is 11.2 Å². The summed E-state index contributed by atoms with van der Waals surface area (Å²) in [5.74, 6) is 0. The second-order valence-corrected chi connectivity index (χ2v) is 2.65. The molecule has 7 heavy (non-hydrogen) atoms. The molecule has 0 fully saturated rings. The van der Waals surface area contributed by atoms with Crippen molar-refractivity contribution in [1.82, 2.24) is 0 Å². The number of hydrogen-bond acceptors (Lipinski definition) is 2. The van der Waals surface area contributed by atoms with Gasteiger partial charge in [-0.15, -0.1) is 0 Å². The third-order valence-electron chi connectivity index (χ3n) is 0. The maximum Gasteiger partial charge on any atom is 2.00 e. The van der Waals surface area contributed by atoms with Crippen LogP contribution in [0.4, 0.5) is 0 Å². The molecule has 0 aromatic heterocycles. The predicted molar refractivity (Wildman–Crippen MR) is 28.1 cm³/mol. The van der Waals surface area contributed by atoms with Crippen LogP contribution in [0.5, 0.6) is 0 Å². The SMILES string of the molecule is O=S(O)(O)=S.[S-2].[Zn+2]. The van der Waals surface area contributed by atoms with Crippen LogP contribution >= 0.6 is 0 Å². The maximum atomic E-state index is 9.11. The van der Waals surface area contributed by atoms with Gasteiger partial charge in [0.25, 0.3) is 9.05 Å². The van der Waals surface area contributed by atoms with E-state index in [0.29, 0.717) is 0 Å². The second-order valence-electron chi connectivity index (χ2n) is 0.448. The molecule has 0 radical (unpaired) electrons. The minimum atomic E-state index is -3.83. The molecule has 0 bridgehead atoms. The smallest absolute Gasteiger partial charge is 2.00 e. The Bertz CT molecular complexity index is 93.3. The molecule has 0 unspecified atom stereocenters. The zero-order valence-corrected chi connectivity index (χ0v) is 8.65. The maximum absolute atomic E-state index is 9.11. The van der Waals surface area contributed by atoms with Crippen molar-refractivity contribution in [1.29, 1.82) is 0 Å². The number of rotatable bonds is 0. The fraction of sp³-hybridized carbons (Fsp3) is 0. The van der Waals surface area contributed by atoms with E-state index in [4.69, 9.17) is 13.3 Å². The standard InChI is InChI=1S/H2O3S2.S.Zn/c1-5(2,3)4;;/h(H2,1,2,3,4);;/q;-2;+2. The van der Waals surface area contributed by atoms with Gasteiger partial charge < -0.3 is 13.5 Å². The molecular weight excluding hydrogens is 210 g/mol. The van der Waals surface area contributed by atoms with E-state index < -0.39 is 9.05 Å². The van der Waals surface area contributed by atoms with Crippen molar-refractivity contribution < 1.29 is 32.8 Å². The summed E-state index contributed by atoms with van der Waals surface area (Å²) >= 11 is 3.47. The molecule has 3 nitrogen and oxygen atoms in total. The fourth-order valence-electron chi connectivity index (χ4n) is 0. The Hall–Kier alpha value is 1.26. The fourth-order valence-corrected chi connectivity index (χ4v) is 0.